The molecule has 102 valence electrons. The molecule has 0 aliphatic rings. The molecule has 2 aromatic rings. The quantitative estimate of drug-likeness (QED) is 0.803. The van der Waals surface area contributed by atoms with Crippen LogP contribution in [0.25, 0.3) is 5.78 Å². The number of nitrogens with one attached hydrogen (secondary N) is 2. The summed E-state index contributed by atoms with van der Waals surface area (Å²) in [6.45, 7) is 8.83. The summed E-state index contributed by atoms with van der Waals surface area (Å²) in [6.07, 6.45) is 0. The Balaban J connectivity index is 2.46. The molecule has 2 rings (SSSR count). The smallest absolute Gasteiger partial charge is 0.277 e. The number of hydrogen-bond donors (Lipinski definition) is 2. The van der Waals surface area contributed by atoms with E-state index in [2.05, 4.69) is 20.4 Å². The van der Waals surface area contributed by atoms with Gasteiger partial charge < -0.3 is 0 Å². The number of aromatic amines is 1. The van der Waals surface area contributed by atoms with E-state index >= 15 is 0 Å². The zero-order valence-corrected chi connectivity index (χ0v) is 11.7. The van der Waals surface area contributed by atoms with E-state index in [1.165, 1.54) is 4.52 Å². The first kappa shape index (κ1) is 13.3. The highest BCUT2D eigenvalue weighted by Crippen LogP contribution is 2.15. The lowest BCUT2D eigenvalue weighted by molar-refractivity contribution is -0.123. The van der Waals surface area contributed by atoms with Gasteiger partial charge >= 0.3 is 0 Å². The third-order valence-corrected chi connectivity index (χ3v) is 2.88. The van der Waals surface area contributed by atoms with Gasteiger partial charge in [0.2, 0.25) is 11.9 Å². The average molecular weight is 263 g/mol. The molecule has 0 spiro atoms. The molecule has 0 aromatic carbocycles. The number of aryl methyl sites for hydroxylation is 1. The van der Waals surface area contributed by atoms with E-state index in [0.717, 1.165) is 0 Å². The van der Waals surface area contributed by atoms with Crippen molar-refractivity contribution in [3.8, 4) is 0 Å². The Hall–Kier alpha value is -2.18. The fourth-order valence-corrected chi connectivity index (χ4v) is 1.45. The van der Waals surface area contributed by atoms with Crippen LogP contribution in [0.4, 0.5) is 5.95 Å². The minimum atomic E-state index is -0.538. The SMILES string of the molecule is Cc1nc2nc(NC(=O)C(C)(C)C)[nH]n2c(=O)c1C. The predicted octanol–water partition coefficient (Wildman–Crippen LogP) is 1.02. The molecule has 2 N–H and O–H groups in total. The Labute approximate surface area is 110 Å². The number of amides is 1. The van der Waals surface area contributed by atoms with Crippen molar-refractivity contribution < 1.29 is 4.79 Å². The molecule has 7 heteroatoms. The van der Waals surface area contributed by atoms with Gasteiger partial charge in [0.1, 0.15) is 0 Å². The first-order valence-corrected chi connectivity index (χ1v) is 5.97. The van der Waals surface area contributed by atoms with Crippen molar-refractivity contribution in [2.45, 2.75) is 34.6 Å². The summed E-state index contributed by atoms with van der Waals surface area (Å²) in [5.74, 6) is 0.278. The molecule has 2 aromatic heterocycles. The van der Waals surface area contributed by atoms with Crippen molar-refractivity contribution in [1.82, 2.24) is 19.6 Å². The van der Waals surface area contributed by atoms with Crippen molar-refractivity contribution in [3.63, 3.8) is 0 Å². The van der Waals surface area contributed by atoms with Crippen molar-refractivity contribution in [1.29, 1.82) is 0 Å². The Morgan fingerprint density at radius 2 is 1.89 bits per heavy atom. The molecule has 0 fully saturated rings. The number of rotatable bonds is 1. The molecule has 2 heterocycles. The first-order valence-electron chi connectivity index (χ1n) is 5.97. The maximum atomic E-state index is 12.0. The highest BCUT2D eigenvalue weighted by Gasteiger charge is 2.22. The molecule has 0 radical (unpaired) electrons. The van der Waals surface area contributed by atoms with Crippen molar-refractivity contribution in [2.75, 3.05) is 5.32 Å². The summed E-state index contributed by atoms with van der Waals surface area (Å²) < 4.78 is 1.22. The van der Waals surface area contributed by atoms with Crippen LogP contribution in [-0.2, 0) is 4.79 Å². The fourth-order valence-electron chi connectivity index (χ4n) is 1.45. The molecule has 0 bridgehead atoms. The third-order valence-electron chi connectivity index (χ3n) is 2.88. The third kappa shape index (κ3) is 2.35. The summed E-state index contributed by atoms with van der Waals surface area (Å²) in [5, 5.41) is 5.37. The Morgan fingerprint density at radius 1 is 1.26 bits per heavy atom. The standard InChI is InChI=1S/C12H17N5O2/c1-6-7(2)13-11-15-10(16-17(11)8(6)18)14-9(19)12(3,4)5/h1-5H3,(H2,13,14,15,16,19). The van der Waals surface area contributed by atoms with Gasteiger partial charge in [-0.15, -0.1) is 0 Å². The van der Waals surface area contributed by atoms with Crippen molar-refractivity contribution in [2.24, 2.45) is 5.41 Å². The molecular weight excluding hydrogens is 246 g/mol. The van der Waals surface area contributed by atoms with Gasteiger partial charge in [-0.3, -0.25) is 20.0 Å². The van der Waals surface area contributed by atoms with Gasteiger partial charge in [-0.1, -0.05) is 20.8 Å². The number of fused-ring (bicyclic) bond motifs is 1. The monoisotopic (exact) mass is 263 g/mol. The zero-order chi connectivity index (χ0) is 14.4. The zero-order valence-electron chi connectivity index (χ0n) is 11.7. The normalized spacial score (nSPS) is 11.8. The predicted molar refractivity (Wildman–Crippen MR) is 71.2 cm³/mol. The van der Waals surface area contributed by atoms with E-state index in [0.29, 0.717) is 11.3 Å². The molecule has 1 amide bonds. The van der Waals surface area contributed by atoms with E-state index in [9.17, 15) is 9.59 Å². The van der Waals surface area contributed by atoms with E-state index in [1.807, 2.05) is 0 Å². The van der Waals surface area contributed by atoms with Crippen molar-refractivity contribution in [3.05, 3.63) is 21.6 Å². The molecule has 0 atom stereocenters. The molecule has 0 unspecified atom stereocenters. The van der Waals surface area contributed by atoms with E-state index in [4.69, 9.17) is 0 Å². The molecule has 0 aliphatic carbocycles. The molecule has 0 saturated heterocycles. The second-order valence-corrected chi connectivity index (χ2v) is 5.54. The number of carbonyl (C=O) groups excluding carboxylic acids is 1. The van der Waals surface area contributed by atoms with Crippen LogP contribution < -0.4 is 10.9 Å². The van der Waals surface area contributed by atoms with E-state index < -0.39 is 5.41 Å². The number of carbonyl (C=O) groups is 1. The fraction of sp³-hybridized carbons (Fsp3) is 0.500. The van der Waals surface area contributed by atoms with Crippen LogP contribution >= 0.6 is 0 Å². The minimum absolute atomic E-state index is 0.187. The number of anilines is 1. The van der Waals surface area contributed by atoms with Crippen LogP contribution in [0.1, 0.15) is 32.0 Å². The van der Waals surface area contributed by atoms with Gasteiger partial charge in [0.05, 0.1) is 0 Å². The summed E-state index contributed by atoms with van der Waals surface area (Å²) in [7, 11) is 0. The Kier molecular flexibility index (Phi) is 2.92. The van der Waals surface area contributed by atoms with Crippen LogP contribution in [-0.4, -0.2) is 25.5 Å². The largest absolute Gasteiger partial charge is 0.294 e. The highest BCUT2D eigenvalue weighted by atomic mass is 16.2. The van der Waals surface area contributed by atoms with Crippen molar-refractivity contribution >= 4 is 17.6 Å². The molecular formula is C12H17N5O2. The maximum absolute atomic E-state index is 12.0. The Morgan fingerprint density at radius 3 is 2.47 bits per heavy atom. The van der Waals surface area contributed by atoms with Gasteiger partial charge in [0, 0.05) is 16.7 Å². The minimum Gasteiger partial charge on any atom is -0.294 e. The van der Waals surface area contributed by atoms with Crippen LogP contribution in [0, 0.1) is 19.3 Å². The molecule has 19 heavy (non-hydrogen) atoms. The van der Waals surface area contributed by atoms with Crippen LogP contribution in [0.2, 0.25) is 0 Å². The molecule has 7 nitrogen and oxygen atoms in total. The second kappa shape index (κ2) is 4.18. The molecule has 0 aliphatic heterocycles. The topological polar surface area (TPSA) is 92.2 Å². The summed E-state index contributed by atoms with van der Waals surface area (Å²) >= 11 is 0. The summed E-state index contributed by atoms with van der Waals surface area (Å²) in [5.41, 5.74) is 0.426. The van der Waals surface area contributed by atoms with Gasteiger partial charge in [0.25, 0.3) is 11.3 Å². The van der Waals surface area contributed by atoms with Crippen LogP contribution in [0.3, 0.4) is 0 Å². The van der Waals surface area contributed by atoms with E-state index in [1.54, 1.807) is 34.6 Å². The number of H-pyrrole nitrogens is 1. The van der Waals surface area contributed by atoms with Gasteiger partial charge in [-0.25, -0.2) is 4.98 Å². The van der Waals surface area contributed by atoms with Gasteiger partial charge in [0.15, 0.2) is 0 Å². The summed E-state index contributed by atoms with van der Waals surface area (Å²) in [6, 6.07) is 0. The first-order chi connectivity index (χ1) is 8.70. The Bertz CT molecular complexity index is 705. The van der Waals surface area contributed by atoms with Crippen LogP contribution in [0.15, 0.2) is 4.79 Å². The average Bonchev–Trinajstić information content (AvgIpc) is 2.67. The molecule has 0 saturated carbocycles. The lowest BCUT2D eigenvalue weighted by Gasteiger charge is -2.15. The highest BCUT2D eigenvalue weighted by molar-refractivity contribution is 5.93. The van der Waals surface area contributed by atoms with Crippen LogP contribution in [0.5, 0.6) is 0 Å². The number of hydrogen-bond acceptors (Lipinski definition) is 4. The summed E-state index contributed by atoms with van der Waals surface area (Å²) in [4.78, 5) is 32.1. The second-order valence-electron chi connectivity index (χ2n) is 5.54. The number of aromatic nitrogens is 4. The van der Waals surface area contributed by atoms with Gasteiger partial charge in [-0.05, 0) is 13.8 Å². The van der Waals surface area contributed by atoms with Gasteiger partial charge in [-0.2, -0.15) is 9.50 Å². The maximum Gasteiger partial charge on any atom is 0.277 e. The number of nitrogens with zero attached hydrogens (tertiary/aromatic N) is 3. The van der Waals surface area contributed by atoms with E-state index in [-0.39, 0.29) is 23.2 Å². The lowest BCUT2D eigenvalue weighted by atomic mass is 9.96. The lowest BCUT2D eigenvalue weighted by Crippen LogP contribution is -2.28.